The van der Waals surface area contributed by atoms with E-state index >= 15 is 0 Å². The van der Waals surface area contributed by atoms with Gasteiger partial charge in [-0.2, -0.15) is 13.2 Å². The maximum absolute atomic E-state index is 12.4. The second-order valence-corrected chi connectivity index (χ2v) is 3.29. The van der Waals surface area contributed by atoms with E-state index in [1.807, 2.05) is 0 Å². The Bertz CT molecular complexity index is 484. The molecular formula is C9H10F3N3O3. The zero-order valence-electron chi connectivity index (χ0n) is 9.03. The molecule has 1 rings (SSSR count). The van der Waals surface area contributed by atoms with Crippen molar-refractivity contribution in [1.29, 1.82) is 0 Å². The van der Waals surface area contributed by atoms with E-state index in [-0.39, 0.29) is 13.0 Å². The largest absolute Gasteiger partial charge is 0.417 e. The van der Waals surface area contributed by atoms with Gasteiger partial charge in [0, 0.05) is 18.8 Å². The quantitative estimate of drug-likeness (QED) is 0.599. The Balaban J connectivity index is 2.82. The summed E-state index contributed by atoms with van der Waals surface area (Å²) in [4.78, 5) is 26.3. The van der Waals surface area contributed by atoms with Crippen LogP contribution in [0.15, 0.2) is 23.1 Å². The molecule has 0 aromatic carbocycles. The molecule has 0 aliphatic rings. The first-order valence-electron chi connectivity index (χ1n) is 4.77. The first-order valence-corrected chi connectivity index (χ1v) is 4.77. The summed E-state index contributed by atoms with van der Waals surface area (Å²) in [6.45, 7) is -0.233. The van der Waals surface area contributed by atoms with Crippen LogP contribution in [0, 0.1) is 0 Å². The van der Waals surface area contributed by atoms with Crippen molar-refractivity contribution in [3.8, 4) is 0 Å². The molecule has 100 valence electrons. The molecule has 0 spiro atoms. The third-order valence-corrected chi connectivity index (χ3v) is 2.04. The minimum absolute atomic E-state index is 0.233. The maximum Gasteiger partial charge on any atom is 0.417 e. The smallest absolute Gasteiger partial charge is 0.356 e. The van der Waals surface area contributed by atoms with Crippen LogP contribution < -0.4 is 17.0 Å². The summed E-state index contributed by atoms with van der Waals surface area (Å²) in [5, 5.41) is 0. The van der Waals surface area contributed by atoms with Gasteiger partial charge in [-0.05, 0) is 6.07 Å². The van der Waals surface area contributed by atoms with Crippen LogP contribution in [-0.4, -0.2) is 10.5 Å². The lowest BCUT2D eigenvalue weighted by molar-refractivity contribution is -0.151. The molecule has 0 radical (unpaired) electrons. The van der Waals surface area contributed by atoms with Crippen molar-refractivity contribution in [2.45, 2.75) is 19.1 Å². The number of nitrogens with one attached hydrogen (secondary N) is 1. The molecular weight excluding hydrogens is 255 g/mol. The number of nitrogens with two attached hydrogens (primary N) is 1. The van der Waals surface area contributed by atoms with Crippen molar-refractivity contribution < 1.29 is 22.8 Å². The number of hydrazine groups is 1. The van der Waals surface area contributed by atoms with E-state index < -0.39 is 23.3 Å². The average molecular weight is 265 g/mol. The number of aryl methyl sites for hydroxylation is 1. The number of halogens is 3. The Hall–Kier alpha value is -1.87. The number of hydrogen-bond donors (Lipinski definition) is 2. The van der Waals surface area contributed by atoms with Crippen LogP contribution in [-0.2, 0) is 22.4 Å². The number of pyridine rings is 1. The summed E-state index contributed by atoms with van der Waals surface area (Å²) in [6.07, 6.45) is -4.19. The summed E-state index contributed by atoms with van der Waals surface area (Å²) >= 11 is 0. The van der Waals surface area contributed by atoms with Crippen molar-refractivity contribution in [3.05, 3.63) is 34.2 Å². The minimum atomic E-state index is -4.55. The van der Waals surface area contributed by atoms with Gasteiger partial charge in [0.1, 0.15) is 0 Å². The molecule has 0 saturated carbocycles. The molecule has 18 heavy (non-hydrogen) atoms. The predicted octanol–water partition coefficient (Wildman–Crippen LogP) is 0.179. The van der Waals surface area contributed by atoms with Gasteiger partial charge in [0.15, 0.2) is 0 Å². The predicted molar refractivity (Wildman–Crippen MR) is 53.7 cm³/mol. The van der Waals surface area contributed by atoms with E-state index in [9.17, 15) is 22.8 Å². The molecule has 1 heterocycles. The lowest BCUT2D eigenvalue weighted by Gasteiger charge is -2.10. The van der Waals surface area contributed by atoms with Gasteiger partial charge in [0.25, 0.3) is 5.56 Å². The summed E-state index contributed by atoms with van der Waals surface area (Å²) in [5.41, 5.74) is 0.0296. The van der Waals surface area contributed by atoms with E-state index in [2.05, 4.69) is 4.84 Å². The number of carbonyl (C=O) groups is 1. The highest BCUT2D eigenvalue weighted by Crippen LogP contribution is 2.27. The van der Waals surface area contributed by atoms with Gasteiger partial charge in [0.2, 0.25) is 0 Å². The fraction of sp³-hybridized carbons (Fsp3) is 0.333. The molecule has 0 fully saturated rings. The van der Waals surface area contributed by atoms with Crippen LogP contribution in [0.3, 0.4) is 0 Å². The Kier molecular flexibility index (Phi) is 4.45. The zero-order chi connectivity index (χ0) is 13.8. The number of carbonyl (C=O) groups excluding carboxylic acids is 1. The third-order valence-electron chi connectivity index (χ3n) is 2.04. The maximum atomic E-state index is 12.4. The fourth-order valence-electron chi connectivity index (χ4n) is 1.20. The molecule has 1 aromatic rings. The molecule has 6 nitrogen and oxygen atoms in total. The average Bonchev–Trinajstić information content (AvgIpc) is 2.26. The number of hydrogen-bond acceptors (Lipinski definition) is 5. The summed E-state index contributed by atoms with van der Waals surface area (Å²) in [6, 6.07) is 1.47. The van der Waals surface area contributed by atoms with Crippen molar-refractivity contribution in [2.24, 2.45) is 5.84 Å². The molecule has 0 aliphatic carbocycles. The highest BCUT2D eigenvalue weighted by atomic mass is 19.4. The topological polar surface area (TPSA) is 86.3 Å². The monoisotopic (exact) mass is 265 g/mol. The highest BCUT2D eigenvalue weighted by molar-refractivity contribution is 5.68. The number of nitrogens with zero attached hydrogens (tertiary/aromatic N) is 1. The fourth-order valence-corrected chi connectivity index (χ4v) is 1.20. The van der Waals surface area contributed by atoms with Crippen LogP contribution in [0.5, 0.6) is 0 Å². The van der Waals surface area contributed by atoms with E-state index in [1.54, 1.807) is 5.59 Å². The van der Waals surface area contributed by atoms with Crippen LogP contribution in [0.1, 0.15) is 12.0 Å². The van der Waals surface area contributed by atoms with Crippen LogP contribution in [0.25, 0.3) is 0 Å². The zero-order valence-corrected chi connectivity index (χ0v) is 9.03. The molecule has 0 unspecified atom stereocenters. The number of aromatic nitrogens is 1. The van der Waals surface area contributed by atoms with Gasteiger partial charge in [0.05, 0.1) is 12.0 Å². The van der Waals surface area contributed by atoms with Gasteiger partial charge in [-0.25, -0.2) is 5.84 Å². The van der Waals surface area contributed by atoms with Crippen LogP contribution >= 0.6 is 0 Å². The van der Waals surface area contributed by atoms with E-state index in [0.29, 0.717) is 12.3 Å². The molecule has 0 atom stereocenters. The van der Waals surface area contributed by atoms with Crippen LogP contribution in [0.2, 0.25) is 0 Å². The molecule has 0 aliphatic heterocycles. The van der Waals surface area contributed by atoms with Gasteiger partial charge in [-0.3, -0.25) is 9.59 Å². The van der Waals surface area contributed by atoms with E-state index in [1.165, 1.54) is 0 Å². The summed E-state index contributed by atoms with van der Waals surface area (Å²) in [7, 11) is 0. The molecule has 1 aromatic heterocycles. The Morgan fingerprint density at radius 1 is 1.44 bits per heavy atom. The van der Waals surface area contributed by atoms with Gasteiger partial charge < -0.3 is 9.40 Å². The SMILES string of the molecule is NNOC(=O)CCn1cc(C(F)(F)F)ccc1=O. The summed E-state index contributed by atoms with van der Waals surface area (Å²) in [5.74, 6) is 3.91. The minimum Gasteiger partial charge on any atom is -0.356 e. The molecule has 0 saturated heterocycles. The second kappa shape index (κ2) is 5.65. The standard InChI is InChI=1S/C9H10F3N3O3/c10-9(11,12)6-1-2-7(16)15(5-6)4-3-8(17)18-14-13/h1-2,5,14H,3-4,13H2. The second-order valence-electron chi connectivity index (χ2n) is 3.29. The molecule has 0 bridgehead atoms. The highest BCUT2D eigenvalue weighted by Gasteiger charge is 2.31. The van der Waals surface area contributed by atoms with Gasteiger partial charge in [-0.15, -0.1) is 0 Å². The molecule has 9 heteroatoms. The first-order chi connectivity index (χ1) is 8.34. The number of rotatable bonds is 4. The van der Waals surface area contributed by atoms with Crippen molar-refractivity contribution >= 4 is 5.97 Å². The van der Waals surface area contributed by atoms with Gasteiger partial charge >= 0.3 is 12.1 Å². The Morgan fingerprint density at radius 3 is 2.67 bits per heavy atom. The third kappa shape index (κ3) is 3.86. The normalized spacial score (nSPS) is 11.3. The lowest BCUT2D eigenvalue weighted by atomic mass is 10.2. The first kappa shape index (κ1) is 14.2. The Morgan fingerprint density at radius 2 is 2.11 bits per heavy atom. The van der Waals surface area contributed by atoms with E-state index in [4.69, 9.17) is 5.84 Å². The van der Waals surface area contributed by atoms with Crippen molar-refractivity contribution in [2.75, 3.05) is 0 Å². The Labute approximate surface area is 99.1 Å². The molecule has 3 N–H and O–H groups in total. The summed E-state index contributed by atoms with van der Waals surface area (Å²) < 4.78 is 37.9. The number of alkyl halides is 3. The van der Waals surface area contributed by atoms with Crippen molar-refractivity contribution in [1.82, 2.24) is 10.2 Å². The van der Waals surface area contributed by atoms with Crippen molar-refractivity contribution in [3.63, 3.8) is 0 Å². The van der Waals surface area contributed by atoms with E-state index in [0.717, 1.165) is 10.6 Å². The molecule has 0 amide bonds. The van der Waals surface area contributed by atoms with Crippen LogP contribution in [0.4, 0.5) is 13.2 Å². The lowest BCUT2D eigenvalue weighted by Crippen LogP contribution is -2.28. The van der Waals surface area contributed by atoms with Gasteiger partial charge in [-0.1, -0.05) is 5.59 Å².